The Morgan fingerprint density at radius 1 is 1.55 bits per heavy atom. The van der Waals surface area contributed by atoms with Crippen LogP contribution < -0.4 is 5.56 Å². The van der Waals surface area contributed by atoms with Crippen LogP contribution in [0, 0.1) is 13.8 Å². The van der Waals surface area contributed by atoms with Crippen molar-refractivity contribution in [3.8, 4) is 0 Å². The molecule has 0 aliphatic rings. The second kappa shape index (κ2) is 2.54. The molecule has 0 aromatic carbocycles. The number of nitrogens with zero attached hydrogens (tertiary/aromatic N) is 1. The van der Waals surface area contributed by atoms with Crippen molar-refractivity contribution in [2.75, 3.05) is 0 Å². The molecule has 4 nitrogen and oxygen atoms in total. The first-order chi connectivity index (χ1) is 5.04. The van der Waals surface area contributed by atoms with E-state index in [0.29, 0.717) is 16.1 Å². The summed E-state index contributed by atoms with van der Waals surface area (Å²) < 4.78 is 5.25. The van der Waals surface area contributed by atoms with Gasteiger partial charge in [0.05, 0.1) is 5.56 Å². The zero-order valence-corrected chi connectivity index (χ0v) is 6.81. The van der Waals surface area contributed by atoms with Crippen molar-refractivity contribution in [2.24, 2.45) is 0 Å². The van der Waals surface area contributed by atoms with E-state index in [0.717, 1.165) is 0 Å². The Kier molecular flexibility index (Phi) is 1.87. The van der Waals surface area contributed by atoms with E-state index in [1.165, 1.54) is 0 Å². The maximum absolute atomic E-state index is 11.0. The number of carbonyl (C=O) groups is 1. The van der Waals surface area contributed by atoms with Crippen molar-refractivity contribution in [1.29, 1.82) is 0 Å². The smallest absolute Gasteiger partial charge is 0.357 e. The van der Waals surface area contributed by atoms with Gasteiger partial charge in [-0.3, -0.25) is 9.59 Å². The molecule has 1 aromatic heterocycles. The lowest BCUT2D eigenvalue weighted by Crippen LogP contribution is -2.18. The Hall–Kier alpha value is -1.03. The van der Waals surface area contributed by atoms with E-state index in [9.17, 15) is 9.59 Å². The van der Waals surface area contributed by atoms with Crippen molar-refractivity contribution in [2.45, 2.75) is 13.8 Å². The van der Waals surface area contributed by atoms with Crippen LogP contribution >= 0.6 is 11.6 Å². The molecule has 0 unspecified atom stereocenters. The summed E-state index contributed by atoms with van der Waals surface area (Å²) in [4.78, 5) is 21.5. The Morgan fingerprint density at radius 3 is 2.27 bits per heavy atom. The number of carbonyl (C=O) groups excluding carboxylic acids is 1. The van der Waals surface area contributed by atoms with Crippen LogP contribution in [0.3, 0.4) is 0 Å². The lowest BCUT2D eigenvalue weighted by Gasteiger charge is -1.85. The highest BCUT2D eigenvalue weighted by Gasteiger charge is 2.12. The molecule has 60 valence electrons. The largest absolute Gasteiger partial charge is 0.372 e. The second-order valence-corrected chi connectivity index (χ2v) is 2.45. The van der Waals surface area contributed by atoms with E-state index in [1.807, 2.05) is 0 Å². The quantitative estimate of drug-likeness (QED) is 0.558. The normalized spacial score (nSPS) is 10.1. The summed E-state index contributed by atoms with van der Waals surface area (Å²) in [5.41, 5.74) is -0.0958. The van der Waals surface area contributed by atoms with Crippen molar-refractivity contribution in [3.63, 3.8) is 0 Å². The average Bonchev–Trinajstić information content (AvgIpc) is 2.17. The maximum Gasteiger partial charge on any atom is 0.357 e. The first-order valence-corrected chi connectivity index (χ1v) is 3.31. The SMILES string of the molecule is Cc1on(C(=O)Cl)c(=O)c1C. The predicted molar refractivity (Wildman–Crippen MR) is 39.1 cm³/mol. The molecule has 11 heavy (non-hydrogen) atoms. The Labute approximate surface area is 67.3 Å². The van der Waals surface area contributed by atoms with E-state index >= 15 is 0 Å². The van der Waals surface area contributed by atoms with Crippen molar-refractivity contribution < 1.29 is 9.32 Å². The molecule has 0 aliphatic heterocycles. The Bertz CT molecular complexity index is 349. The molecular weight excluding hydrogens is 170 g/mol. The van der Waals surface area contributed by atoms with Crippen LogP contribution in [0.2, 0.25) is 0 Å². The van der Waals surface area contributed by atoms with E-state index in [1.54, 1.807) is 13.8 Å². The van der Waals surface area contributed by atoms with E-state index < -0.39 is 10.9 Å². The molecule has 0 bridgehead atoms. The van der Waals surface area contributed by atoms with E-state index in [2.05, 4.69) is 0 Å². The van der Waals surface area contributed by atoms with E-state index in [4.69, 9.17) is 16.1 Å². The standard InChI is InChI=1S/C6H6ClNO3/c1-3-4(2)11-8(5(3)9)6(7)10/h1-2H3. The Morgan fingerprint density at radius 2 is 2.09 bits per heavy atom. The third-order valence-electron chi connectivity index (χ3n) is 1.42. The number of hydrogen-bond acceptors (Lipinski definition) is 3. The van der Waals surface area contributed by atoms with Crippen molar-refractivity contribution in [3.05, 3.63) is 21.7 Å². The van der Waals surface area contributed by atoms with Crippen LogP contribution in [-0.4, -0.2) is 10.1 Å². The van der Waals surface area contributed by atoms with Crippen LogP contribution in [0.4, 0.5) is 4.79 Å². The molecule has 0 radical (unpaired) electrons. The summed E-state index contributed by atoms with van der Waals surface area (Å²) >= 11 is 5.02. The molecule has 0 N–H and O–H groups in total. The fraction of sp³-hybridized carbons (Fsp3) is 0.333. The van der Waals surface area contributed by atoms with Crippen LogP contribution in [0.25, 0.3) is 0 Å². The molecule has 0 saturated carbocycles. The number of rotatable bonds is 0. The first kappa shape index (κ1) is 8.07. The minimum absolute atomic E-state index is 0.402. The molecule has 0 aliphatic carbocycles. The van der Waals surface area contributed by atoms with Gasteiger partial charge in [-0.25, -0.2) is 0 Å². The number of aryl methyl sites for hydroxylation is 1. The molecule has 0 fully saturated rings. The lowest BCUT2D eigenvalue weighted by molar-refractivity contribution is 0.226. The van der Waals surface area contributed by atoms with E-state index in [-0.39, 0.29) is 0 Å². The monoisotopic (exact) mass is 175 g/mol. The highest BCUT2D eigenvalue weighted by atomic mass is 35.5. The maximum atomic E-state index is 11.0. The van der Waals surface area contributed by atoms with Gasteiger partial charge >= 0.3 is 5.37 Å². The summed E-state index contributed by atoms with van der Waals surface area (Å²) in [6.45, 7) is 3.16. The fourth-order valence-corrected chi connectivity index (χ4v) is 0.777. The van der Waals surface area contributed by atoms with Gasteiger partial charge in [0.15, 0.2) is 0 Å². The predicted octanol–water partition coefficient (Wildman–Crippen LogP) is 1.27. The number of aromatic nitrogens is 1. The van der Waals surface area contributed by atoms with Crippen molar-refractivity contribution >= 4 is 17.0 Å². The van der Waals surface area contributed by atoms with Gasteiger partial charge in [0.25, 0.3) is 5.56 Å². The molecule has 0 atom stereocenters. The van der Waals surface area contributed by atoms with Crippen LogP contribution in [0.1, 0.15) is 11.3 Å². The van der Waals surface area contributed by atoms with Gasteiger partial charge in [-0.05, 0) is 25.4 Å². The topological polar surface area (TPSA) is 52.2 Å². The lowest BCUT2D eigenvalue weighted by atomic mass is 10.3. The first-order valence-electron chi connectivity index (χ1n) is 2.93. The number of hydrogen-bond donors (Lipinski definition) is 0. The molecule has 1 aromatic rings. The van der Waals surface area contributed by atoms with Gasteiger partial charge in [0.1, 0.15) is 5.76 Å². The van der Waals surface area contributed by atoms with Gasteiger partial charge < -0.3 is 4.52 Å². The summed E-state index contributed by atoms with van der Waals surface area (Å²) in [5.74, 6) is 0.406. The molecular formula is C6H6ClNO3. The molecule has 0 saturated heterocycles. The van der Waals surface area contributed by atoms with Gasteiger partial charge in [-0.2, -0.15) is 0 Å². The zero-order chi connectivity index (χ0) is 8.59. The van der Waals surface area contributed by atoms with Gasteiger partial charge in [-0.1, -0.05) is 4.74 Å². The summed E-state index contributed by atoms with van der Waals surface area (Å²) in [7, 11) is 0. The molecule has 0 amide bonds. The Balaban J connectivity index is 3.42. The highest BCUT2D eigenvalue weighted by Crippen LogP contribution is 2.01. The van der Waals surface area contributed by atoms with Crippen LogP contribution in [0.15, 0.2) is 9.32 Å². The summed E-state index contributed by atoms with van der Waals surface area (Å²) in [6.07, 6.45) is 0. The van der Waals surface area contributed by atoms with Crippen LogP contribution in [-0.2, 0) is 0 Å². The fourth-order valence-electron chi connectivity index (χ4n) is 0.665. The zero-order valence-electron chi connectivity index (χ0n) is 6.05. The van der Waals surface area contributed by atoms with Gasteiger partial charge in [0, 0.05) is 0 Å². The number of halogens is 1. The minimum atomic E-state index is -0.925. The van der Waals surface area contributed by atoms with Gasteiger partial charge in [0.2, 0.25) is 0 Å². The van der Waals surface area contributed by atoms with Crippen LogP contribution in [0.5, 0.6) is 0 Å². The van der Waals surface area contributed by atoms with Crippen molar-refractivity contribution in [1.82, 2.24) is 4.74 Å². The highest BCUT2D eigenvalue weighted by molar-refractivity contribution is 6.63. The summed E-state index contributed by atoms with van der Waals surface area (Å²) in [6, 6.07) is 0. The van der Waals surface area contributed by atoms with Gasteiger partial charge in [-0.15, -0.1) is 0 Å². The summed E-state index contributed by atoms with van der Waals surface area (Å²) in [5, 5.41) is -0.925. The molecule has 1 rings (SSSR count). The third kappa shape index (κ3) is 1.21. The average molecular weight is 176 g/mol. The molecule has 5 heteroatoms. The molecule has 1 heterocycles. The molecule has 0 spiro atoms. The minimum Gasteiger partial charge on any atom is -0.372 e. The third-order valence-corrected chi connectivity index (χ3v) is 1.57. The second-order valence-electron chi connectivity index (χ2n) is 2.12.